The number of nitrogens with one attached hydrogen (secondary N) is 1. The summed E-state index contributed by atoms with van der Waals surface area (Å²) in [4.78, 5) is 22.4. The monoisotopic (exact) mass is 246 g/mol. The molecule has 0 fully saturated rings. The summed E-state index contributed by atoms with van der Waals surface area (Å²) < 4.78 is 0. The van der Waals surface area contributed by atoms with Gasteiger partial charge in [-0.2, -0.15) is 0 Å². The SMILES string of the molecule is CC(C(=O)O)N(CCC[C@H](N)C(=O)O)C(=N)N. The van der Waals surface area contributed by atoms with E-state index in [-0.39, 0.29) is 18.9 Å². The van der Waals surface area contributed by atoms with Gasteiger partial charge in [-0.25, -0.2) is 4.79 Å². The molecule has 0 rings (SSSR count). The summed E-state index contributed by atoms with van der Waals surface area (Å²) >= 11 is 0. The molecule has 17 heavy (non-hydrogen) atoms. The lowest BCUT2D eigenvalue weighted by Crippen LogP contribution is -2.47. The molecule has 0 heterocycles. The second-order valence-electron chi connectivity index (χ2n) is 3.68. The second-order valence-corrected chi connectivity index (χ2v) is 3.68. The second kappa shape index (κ2) is 6.69. The van der Waals surface area contributed by atoms with Gasteiger partial charge in [0.05, 0.1) is 0 Å². The summed E-state index contributed by atoms with van der Waals surface area (Å²) in [6.45, 7) is 1.59. The minimum absolute atomic E-state index is 0.184. The Balaban J connectivity index is 4.25. The van der Waals surface area contributed by atoms with Gasteiger partial charge >= 0.3 is 11.9 Å². The van der Waals surface area contributed by atoms with Crippen LogP contribution >= 0.6 is 0 Å². The maximum Gasteiger partial charge on any atom is 0.326 e. The maximum absolute atomic E-state index is 10.7. The van der Waals surface area contributed by atoms with Gasteiger partial charge in [0.2, 0.25) is 0 Å². The molecule has 1 unspecified atom stereocenters. The van der Waals surface area contributed by atoms with Crippen molar-refractivity contribution in [1.29, 1.82) is 5.41 Å². The molecule has 7 N–H and O–H groups in total. The third kappa shape index (κ3) is 5.16. The topological polar surface area (TPSA) is 154 Å². The van der Waals surface area contributed by atoms with Crippen LogP contribution in [0.1, 0.15) is 19.8 Å². The highest BCUT2D eigenvalue weighted by Gasteiger charge is 2.22. The molecule has 0 radical (unpaired) electrons. The fourth-order valence-electron chi connectivity index (χ4n) is 1.26. The number of carboxylic acids is 2. The zero-order valence-electron chi connectivity index (χ0n) is 9.59. The van der Waals surface area contributed by atoms with E-state index in [1.54, 1.807) is 0 Å². The lowest BCUT2D eigenvalue weighted by atomic mass is 10.1. The Labute approximate surface area is 98.7 Å². The Morgan fingerprint density at radius 2 is 1.88 bits per heavy atom. The van der Waals surface area contributed by atoms with E-state index in [9.17, 15) is 9.59 Å². The maximum atomic E-state index is 10.7. The Kier molecular flexibility index (Phi) is 5.97. The molecule has 0 aromatic carbocycles. The van der Waals surface area contributed by atoms with Crippen molar-refractivity contribution in [2.75, 3.05) is 6.54 Å². The predicted octanol–water partition coefficient (Wildman–Crippen LogP) is -1.15. The van der Waals surface area contributed by atoms with Crippen LogP contribution in [0.15, 0.2) is 0 Å². The van der Waals surface area contributed by atoms with Crippen LogP contribution in [0.3, 0.4) is 0 Å². The van der Waals surface area contributed by atoms with Crippen LogP contribution in [0, 0.1) is 5.41 Å². The molecule has 0 aromatic rings. The third-order valence-electron chi connectivity index (χ3n) is 2.37. The van der Waals surface area contributed by atoms with E-state index in [0.29, 0.717) is 6.42 Å². The minimum atomic E-state index is -1.11. The van der Waals surface area contributed by atoms with Gasteiger partial charge in [0.1, 0.15) is 12.1 Å². The summed E-state index contributed by atoms with van der Waals surface area (Å²) in [6, 6.07) is -1.91. The largest absolute Gasteiger partial charge is 0.480 e. The molecule has 0 saturated heterocycles. The van der Waals surface area contributed by atoms with Gasteiger partial charge in [-0.3, -0.25) is 10.2 Å². The normalized spacial score (nSPS) is 13.8. The molecule has 2 atom stereocenters. The van der Waals surface area contributed by atoms with Crippen LogP contribution in [-0.4, -0.2) is 51.6 Å². The zero-order chi connectivity index (χ0) is 13.6. The highest BCUT2D eigenvalue weighted by Crippen LogP contribution is 2.03. The molecular formula is C9H18N4O4. The summed E-state index contributed by atoms with van der Waals surface area (Å²) in [5.74, 6) is -2.56. The number of carboxylic acid groups (broad SMARTS) is 2. The molecular weight excluding hydrogens is 228 g/mol. The molecule has 0 aliphatic heterocycles. The molecule has 0 aliphatic rings. The van der Waals surface area contributed by atoms with Crippen molar-refractivity contribution < 1.29 is 19.8 Å². The number of nitrogens with two attached hydrogens (primary N) is 2. The van der Waals surface area contributed by atoms with Crippen LogP contribution in [0.25, 0.3) is 0 Å². The molecule has 98 valence electrons. The first kappa shape index (κ1) is 15.2. The molecule has 8 nitrogen and oxygen atoms in total. The lowest BCUT2D eigenvalue weighted by Gasteiger charge is -2.26. The van der Waals surface area contributed by atoms with Crippen LogP contribution in [0.4, 0.5) is 0 Å². The van der Waals surface area contributed by atoms with Crippen molar-refractivity contribution in [2.45, 2.75) is 31.8 Å². The summed E-state index contributed by atoms with van der Waals surface area (Å²) in [7, 11) is 0. The van der Waals surface area contributed by atoms with Gasteiger partial charge in [0, 0.05) is 6.54 Å². The van der Waals surface area contributed by atoms with Crippen LogP contribution in [0.5, 0.6) is 0 Å². The standard InChI is InChI=1S/C9H18N4O4/c1-5(7(14)15)13(9(11)12)4-2-3-6(10)8(16)17/h5-6H,2-4,10H2,1H3,(H3,11,12)(H,14,15)(H,16,17)/t5?,6-/m0/s1. The lowest BCUT2D eigenvalue weighted by molar-refractivity contribution is -0.141. The predicted molar refractivity (Wildman–Crippen MR) is 60.6 cm³/mol. The summed E-state index contributed by atoms with van der Waals surface area (Å²) in [6.07, 6.45) is 0.552. The average Bonchev–Trinajstić information content (AvgIpc) is 2.22. The van der Waals surface area contributed by atoms with Crippen LogP contribution in [-0.2, 0) is 9.59 Å². The van der Waals surface area contributed by atoms with E-state index in [4.69, 9.17) is 27.1 Å². The zero-order valence-corrected chi connectivity index (χ0v) is 9.59. The number of hydrogen-bond donors (Lipinski definition) is 5. The first-order chi connectivity index (χ1) is 7.77. The van der Waals surface area contributed by atoms with Gasteiger partial charge in [-0.15, -0.1) is 0 Å². The number of hydrogen-bond acceptors (Lipinski definition) is 4. The van der Waals surface area contributed by atoms with E-state index in [1.807, 2.05) is 0 Å². The number of guanidine groups is 1. The van der Waals surface area contributed by atoms with Crippen molar-refractivity contribution in [3.8, 4) is 0 Å². The van der Waals surface area contributed by atoms with E-state index in [1.165, 1.54) is 11.8 Å². The van der Waals surface area contributed by atoms with Crippen molar-refractivity contribution in [3.63, 3.8) is 0 Å². The average molecular weight is 246 g/mol. The van der Waals surface area contributed by atoms with Gasteiger partial charge in [0.15, 0.2) is 5.96 Å². The smallest absolute Gasteiger partial charge is 0.326 e. The van der Waals surface area contributed by atoms with Gasteiger partial charge in [-0.1, -0.05) is 0 Å². The van der Waals surface area contributed by atoms with Gasteiger partial charge in [0.25, 0.3) is 0 Å². The van der Waals surface area contributed by atoms with E-state index < -0.39 is 24.0 Å². The Hall–Kier alpha value is -1.83. The number of nitrogens with zero attached hydrogens (tertiary/aromatic N) is 1. The number of aliphatic carboxylic acids is 2. The van der Waals surface area contributed by atoms with Crippen molar-refractivity contribution in [2.24, 2.45) is 11.5 Å². The number of carbonyl (C=O) groups is 2. The van der Waals surface area contributed by atoms with Crippen molar-refractivity contribution >= 4 is 17.9 Å². The summed E-state index contributed by atoms with van der Waals surface area (Å²) in [5, 5.41) is 24.6. The minimum Gasteiger partial charge on any atom is -0.480 e. The Bertz CT molecular complexity index is 307. The van der Waals surface area contributed by atoms with E-state index >= 15 is 0 Å². The van der Waals surface area contributed by atoms with Crippen molar-refractivity contribution in [3.05, 3.63) is 0 Å². The van der Waals surface area contributed by atoms with Crippen LogP contribution in [0.2, 0.25) is 0 Å². The first-order valence-corrected chi connectivity index (χ1v) is 5.09. The molecule has 0 spiro atoms. The molecule has 0 bridgehead atoms. The molecule has 0 aromatic heterocycles. The quantitative estimate of drug-likeness (QED) is 0.280. The van der Waals surface area contributed by atoms with Gasteiger partial charge in [-0.05, 0) is 19.8 Å². The van der Waals surface area contributed by atoms with Gasteiger partial charge < -0.3 is 26.6 Å². The molecule has 0 saturated carbocycles. The summed E-state index contributed by atoms with van der Waals surface area (Å²) in [5.41, 5.74) is 10.5. The highest BCUT2D eigenvalue weighted by atomic mass is 16.4. The molecule has 0 amide bonds. The molecule has 0 aliphatic carbocycles. The fourth-order valence-corrected chi connectivity index (χ4v) is 1.26. The number of rotatable bonds is 7. The fraction of sp³-hybridized carbons (Fsp3) is 0.667. The Morgan fingerprint density at radius 3 is 2.24 bits per heavy atom. The van der Waals surface area contributed by atoms with Crippen molar-refractivity contribution in [1.82, 2.24) is 4.90 Å². The highest BCUT2D eigenvalue weighted by molar-refractivity contribution is 5.82. The third-order valence-corrected chi connectivity index (χ3v) is 2.37. The Morgan fingerprint density at radius 1 is 1.35 bits per heavy atom. The first-order valence-electron chi connectivity index (χ1n) is 5.09. The van der Waals surface area contributed by atoms with E-state index in [2.05, 4.69) is 0 Å². The van der Waals surface area contributed by atoms with E-state index in [0.717, 1.165) is 0 Å². The van der Waals surface area contributed by atoms with Crippen LogP contribution < -0.4 is 11.5 Å². The molecule has 8 heteroatoms.